The third-order valence-corrected chi connectivity index (χ3v) is 6.26. The van der Waals surface area contributed by atoms with Crippen molar-refractivity contribution < 1.29 is 9.84 Å². The molecule has 0 unspecified atom stereocenters. The molecule has 1 aromatic heterocycles. The van der Waals surface area contributed by atoms with Gasteiger partial charge in [0.25, 0.3) is 0 Å². The summed E-state index contributed by atoms with van der Waals surface area (Å²) in [6.07, 6.45) is 6.84. The van der Waals surface area contributed by atoms with Crippen molar-refractivity contribution in [1.29, 1.82) is 0 Å². The van der Waals surface area contributed by atoms with Gasteiger partial charge < -0.3 is 14.7 Å². The Balaban J connectivity index is 1.58. The molecule has 0 amide bonds. The van der Waals surface area contributed by atoms with E-state index in [4.69, 9.17) is 9.84 Å². The number of hydrogen-bond donors (Lipinski definition) is 1. The van der Waals surface area contributed by atoms with Gasteiger partial charge in [-0.2, -0.15) is 5.10 Å². The molecule has 2 aliphatic rings. The van der Waals surface area contributed by atoms with E-state index in [-0.39, 0.29) is 6.10 Å². The van der Waals surface area contributed by atoms with E-state index in [0.29, 0.717) is 18.6 Å². The second kappa shape index (κ2) is 7.25. The zero-order valence-corrected chi connectivity index (χ0v) is 16.3. The summed E-state index contributed by atoms with van der Waals surface area (Å²) in [6.45, 7) is 5.04. The minimum atomic E-state index is 0.260. The lowest BCUT2D eigenvalue weighted by atomic mass is 9.87. The Kier molecular flexibility index (Phi) is 5.02. The molecule has 1 aliphatic carbocycles. The molecule has 5 nitrogen and oxygen atoms in total. The molecule has 1 atom stereocenters. The Bertz CT molecular complexity index is 740. The molecule has 1 aromatic carbocycles. The first kappa shape index (κ1) is 17.3. The summed E-state index contributed by atoms with van der Waals surface area (Å²) in [6, 6.07) is 4.85. The normalized spacial score (nSPS) is 27.8. The number of aliphatic hydroxyl groups excluding tert-OH is 1. The van der Waals surface area contributed by atoms with E-state index >= 15 is 0 Å². The molecule has 0 radical (unpaired) electrons. The largest absolute Gasteiger partial charge is 0.396 e. The van der Waals surface area contributed by atoms with Gasteiger partial charge in [-0.25, -0.2) is 0 Å². The number of anilines is 1. The van der Waals surface area contributed by atoms with Crippen molar-refractivity contribution in [3.63, 3.8) is 0 Å². The van der Waals surface area contributed by atoms with Gasteiger partial charge in [-0.15, -0.1) is 0 Å². The predicted molar refractivity (Wildman–Crippen MR) is 103 cm³/mol. The average Bonchev–Trinajstić information content (AvgIpc) is 3.04. The number of aliphatic hydroxyl groups is 1. The predicted octanol–water partition coefficient (Wildman–Crippen LogP) is 3.75. The Hall–Kier alpha value is -1.11. The fraction of sp³-hybridized carbons (Fsp3) is 0.632. The Morgan fingerprint density at radius 3 is 2.80 bits per heavy atom. The zero-order valence-electron chi connectivity index (χ0n) is 14.7. The molecular formula is C19H26BrN3O2. The Labute approximate surface area is 157 Å². The molecule has 1 saturated carbocycles. The number of ether oxygens (including phenoxy) is 1. The number of hydrogen-bond acceptors (Lipinski definition) is 4. The van der Waals surface area contributed by atoms with Gasteiger partial charge in [0, 0.05) is 35.8 Å². The van der Waals surface area contributed by atoms with Crippen molar-refractivity contribution in [3.8, 4) is 0 Å². The molecule has 1 saturated heterocycles. The Morgan fingerprint density at radius 1 is 1.28 bits per heavy atom. The highest BCUT2D eigenvalue weighted by Crippen LogP contribution is 2.35. The summed E-state index contributed by atoms with van der Waals surface area (Å²) in [5.41, 5.74) is 2.26. The van der Waals surface area contributed by atoms with Crippen LogP contribution in [-0.2, 0) is 4.74 Å². The average molecular weight is 408 g/mol. The summed E-state index contributed by atoms with van der Waals surface area (Å²) >= 11 is 3.75. The lowest BCUT2D eigenvalue weighted by Gasteiger charge is -2.33. The summed E-state index contributed by atoms with van der Waals surface area (Å²) < 4.78 is 8.94. The van der Waals surface area contributed by atoms with Crippen LogP contribution >= 0.6 is 15.9 Å². The van der Waals surface area contributed by atoms with Crippen molar-refractivity contribution in [1.82, 2.24) is 9.78 Å². The molecule has 6 heteroatoms. The Morgan fingerprint density at radius 2 is 2.08 bits per heavy atom. The number of aromatic nitrogens is 2. The molecule has 4 rings (SSSR count). The first-order valence-electron chi connectivity index (χ1n) is 9.30. The summed E-state index contributed by atoms with van der Waals surface area (Å²) in [5, 5.41) is 15.4. The highest BCUT2D eigenvalue weighted by Gasteiger charge is 2.24. The lowest BCUT2D eigenvalue weighted by Crippen LogP contribution is -2.41. The molecule has 0 spiro atoms. The highest BCUT2D eigenvalue weighted by molar-refractivity contribution is 9.10. The molecule has 136 valence electrons. The number of morpholine rings is 1. The van der Waals surface area contributed by atoms with Crippen LogP contribution < -0.4 is 4.90 Å². The fourth-order valence-corrected chi connectivity index (χ4v) is 4.72. The van der Waals surface area contributed by atoms with Crippen LogP contribution in [0.1, 0.15) is 38.6 Å². The molecule has 2 heterocycles. The minimum Gasteiger partial charge on any atom is -0.396 e. The van der Waals surface area contributed by atoms with Crippen LogP contribution in [0.2, 0.25) is 0 Å². The SMILES string of the molecule is C[C@H]1CN(c2cc3nn([C@H]4CC[C@H](CO)CC4)cc3cc2Br)CCO1. The van der Waals surface area contributed by atoms with Gasteiger partial charge in [-0.05, 0) is 66.6 Å². The van der Waals surface area contributed by atoms with E-state index < -0.39 is 0 Å². The van der Waals surface area contributed by atoms with Crippen LogP contribution in [0.4, 0.5) is 5.69 Å². The maximum atomic E-state index is 9.32. The van der Waals surface area contributed by atoms with Crippen LogP contribution in [-0.4, -0.2) is 47.3 Å². The van der Waals surface area contributed by atoms with Gasteiger partial charge in [0.2, 0.25) is 0 Å². The summed E-state index contributed by atoms with van der Waals surface area (Å²) in [4.78, 5) is 2.38. The molecule has 1 aliphatic heterocycles. The van der Waals surface area contributed by atoms with Crippen molar-refractivity contribution >= 4 is 32.5 Å². The van der Waals surface area contributed by atoms with Crippen LogP contribution in [0.5, 0.6) is 0 Å². The topological polar surface area (TPSA) is 50.5 Å². The van der Waals surface area contributed by atoms with Crippen molar-refractivity contribution in [3.05, 3.63) is 22.8 Å². The van der Waals surface area contributed by atoms with E-state index in [1.165, 1.54) is 11.1 Å². The van der Waals surface area contributed by atoms with Crippen molar-refractivity contribution in [2.45, 2.75) is 44.8 Å². The molecule has 25 heavy (non-hydrogen) atoms. The standard InChI is InChI=1S/C19H26BrN3O2/c1-13-10-22(6-7-25-13)19-9-18-15(8-17(19)20)11-23(21-18)16-4-2-14(12-24)3-5-16/h8-9,11,13-14,16,24H,2-7,10,12H2,1H3/t13-,14-,16-/m0/s1. The van der Waals surface area contributed by atoms with E-state index in [1.54, 1.807) is 0 Å². The van der Waals surface area contributed by atoms with E-state index in [1.807, 2.05) is 0 Å². The third-order valence-electron chi connectivity index (χ3n) is 5.62. The first-order valence-corrected chi connectivity index (χ1v) is 10.1. The second-order valence-corrected chi connectivity index (χ2v) is 8.31. The smallest absolute Gasteiger partial charge is 0.0944 e. The van der Waals surface area contributed by atoms with Crippen molar-refractivity contribution in [2.75, 3.05) is 31.2 Å². The lowest BCUT2D eigenvalue weighted by molar-refractivity contribution is 0.0532. The van der Waals surface area contributed by atoms with Crippen molar-refractivity contribution in [2.24, 2.45) is 5.92 Å². The zero-order chi connectivity index (χ0) is 17.4. The number of rotatable bonds is 3. The maximum absolute atomic E-state index is 9.32. The van der Waals surface area contributed by atoms with Gasteiger partial charge >= 0.3 is 0 Å². The van der Waals surface area contributed by atoms with Crippen LogP contribution in [0.15, 0.2) is 22.8 Å². The fourth-order valence-electron chi connectivity index (χ4n) is 4.11. The number of fused-ring (bicyclic) bond motifs is 1. The van der Waals surface area contributed by atoms with Crippen LogP contribution in [0.25, 0.3) is 10.9 Å². The molecule has 2 aromatic rings. The minimum absolute atomic E-state index is 0.260. The number of nitrogens with zero attached hydrogens (tertiary/aromatic N) is 3. The molecular weight excluding hydrogens is 382 g/mol. The summed E-state index contributed by atoms with van der Waals surface area (Å²) in [5.74, 6) is 0.477. The van der Waals surface area contributed by atoms with Gasteiger partial charge in [0.05, 0.1) is 30.0 Å². The van der Waals surface area contributed by atoms with Crippen LogP contribution in [0.3, 0.4) is 0 Å². The molecule has 0 bridgehead atoms. The maximum Gasteiger partial charge on any atom is 0.0944 e. The number of benzene rings is 1. The first-order chi connectivity index (χ1) is 12.1. The van der Waals surface area contributed by atoms with Gasteiger partial charge in [-0.1, -0.05) is 0 Å². The van der Waals surface area contributed by atoms with Gasteiger partial charge in [-0.3, -0.25) is 4.68 Å². The van der Waals surface area contributed by atoms with E-state index in [0.717, 1.165) is 55.4 Å². The quantitative estimate of drug-likeness (QED) is 0.841. The highest BCUT2D eigenvalue weighted by atomic mass is 79.9. The van der Waals surface area contributed by atoms with Gasteiger partial charge in [0.1, 0.15) is 0 Å². The molecule has 1 N–H and O–H groups in total. The van der Waals surface area contributed by atoms with Gasteiger partial charge in [0.15, 0.2) is 0 Å². The summed E-state index contributed by atoms with van der Waals surface area (Å²) in [7, 11) is 0. The monoisotopic (exact) mass is 407 g/mol. The second-order valence-electron chi connectivity index (χ2n) is 7.46. The molecule has 2 fully saturated rings. The van der Waals surface area contributed by atoms with Crippen LogP contribution in [0, 0.1) is 5.92 Å². The van der Waals surface area contributed by atoms with E-state index in [9.17, 15) is 5.11 Å². The number of halogens is 1. The third kappa shape index (κ3) is 3.57. The van der Waals surface area contributed by atoms with E-state index in [2.05, 4.69) is 50.8 Å².